The van der Waals surface area contributed by atoms with Crippen LogP contribution in [0.5, 0.6) is 0 Å². The van der Waals surface area contributed by atoms with Gasteiger partial charge in [-0.05, 0) is 43.9 Å². The zero-order valence-corrected chi connectivity index (χ0v) is 39.7. The zero-order valence-electron chi connectivity index (χ0n) is 39.7. The lowest BCUT2D eigenvalue weighted by molar-refractivity contribution is -0.342. The molecule has 0 aliphatic carbocycles. The number of aliphatic hydroxyl groups is 1. The van der Waals surface area contributed by atoms with Crippen molar-refractivity contribution in [1.82, 2.24) is 0 Å². The Hall–Kier alpha value is -4.32. The highest BCUT2D eigenvalue weighted by Gasteiger charge is 2.55. The van der Waals surface area contributed by atoms with E-state index in [4.69, 9.17) is 42.6 Å². The topological polar surface area (TPSA) is 237 Å². The number of aliphatic hydroxyl groups excluding tert-OH is 1. The van der Waals surface area contributed by atoms with E-state index < -0.39 is 91.8 Å². The van der Waals surface area contributed by atoms with Crippen molar-refractivity contribution in [2.75, 3.05) is 20.3 Å². The van der Waals surface area contributed by atoms with E-state index in [2.05, 4.69) is 16.9 Å². The molecule has 2 aliphatic rings. The standard InChI is InChI=1S/C48H75N3O15/c1-6-7-8-9-10-11-12-13-14-15-16-17-18-19-24-30-39(55)64-42-33(2)61-48(59-31-26-21-25-29-38(54)58-5)45(65-46(57)36-27-22-20-23-28-36)44(42)66-47-40(50-51-49)41(56)43(62-35(4)53)37(63-47)32-60-34(3)52/h20,22-23,27-28,33,37,40-45,47-48,56H,6-19,21,24-26,29-32H2,1-5H3/t33-,37+,40+,41+,42-,43+,44+,45+,47-,48+/m0/s1. The van der Waals surface area contributed by atoms with Crippen LogP contribution in [0, 0.1) is 0 Å². The van der Waals surface area contributed by atoms with Gasteiger partial charge in [0.15, 0.2) is 30.9 Å². The average molecular weight is 934 g/mol. The third-order valence-corrected chi connectivity index (χ3v) is 11.6. The quantitative estimate of drug-likeness (QED) is 0.0178. The molecule has 372 valence electrons. The second-order valence-electron chi connectivity index (χ2n) is 17.1. The first-order chi connectivity index (χ1) is 31.9. The maximum atomic E-state index is 13.8. The molecule has 66 heavy (non-hydrogen) atoms. The van der Waals surface area contributed by atoms with E-state index in [0.717, 1.165) is 39.5 Å². The Balaban J connectivity index is 1.81. The molecule has 18 nitrogen and oxygen atoms in total. The van der Waals surface area contributed by atoms with Crippen LogP contribution in [-0.2, 0) is 61.8 Å². The first kappa shape index (κ1) is 56.0. The number of hydrogen-bond donors (Lipinski definition) is 1. The first-order valence-corrected chi connectivity index (χ1v) is 24.0. The van der Waals surface area contributed by atoms with Crippen LogP contribution >= 0.6 is 0 Å². The maximum Gasteiger partial charge on any atom is 0.338 e. The SMILES string of the molecule is CCCCCCCCCCCCCCCCCC(=O)O[C@@H]1[C@@H](O[C@@H]2O[C@H](COC(C)=O)[C@@H](OC(C)=O)[C@H](O)[C@H]2N=[N+]=[N-])[C@@H](OC(=O)c2ccccc2)[C@H](OCCCCCC(=O)OC)O[C@H]1C. The van der Waals surface area contributed by atoms with Crippen molar-refractivity contribution in [3.63, 3.8) is 0 Å². The highest BCUT2D eigenvalue weighted by Crippen LogP contribution is 2.35. The summed E-state index contributed by atoms with van der Waals surface area (Å²) >= 11 is 0. The zero-order chi connectivity index (χ0) is 48.1. The van der Waals surface area contributed by atoms with Crippen LogP contribution in [0.25, 0.3) is 10.4 Å². The van der Waals surface area contributed by atoms with Gasteiger partial charge in [-0.1, -0.05) is 127 Å². The van der Waals surface area contributed by atoms with Crippen LogP contribution in [0.1, 0.15) is 166 Å². The molecule has 0 bridgehead atoms. The van der Waals surface area contributed by atoms with Crippen LogP contribution in [0.2, 0.25) is 0 Å². The highest BCUT2D eigenvalue weighted by molar-refractivity contribution is 5.89. The Morgan fingerprint density at radius 3 is 1.82 bits per heavy atom. The number of methoxy groups -OCH3 is 1. The van der Waals surface area contributed by atoms with Crippen molar-refractivity contribution < 1.29 is 71.7 Å². The predicted octanol–water partition coefficient (Wildman–Crippen LogP) is 8.52. The summed E-state index contributed by atoms with van der Waals surface area (Å²) in [6.07, 6.45) is 6.86. The fourth-order valence-electron chi connectivity index (χ4n) is 8.04. The lowest BCUT2D eigenvalue weighted by atomic mass is 9.95. The van der Waals surface area contributed by atoms with Crippen molar-refractivity contribution >= 4 is 29.8 Å². The summed E-state index contributed by atoms with van der Waals surface area (Å²) in [6, 6.07) is 6.54. The summed E-state index contributed by atoms with van der Waals surface area (Å²) in [5.41, 5.74) is 9.79. The number of carbonyl (C=O) groups is 5. The molecule has 10 atom stereocenters. The van der Waals surface area contributed by atoms with Gasteiger partial charge in [0, 0.05) is 38.2 Å². The number of benzene rings is 1. The molecule has 1 aromatic carbocycles. The molecule has 0 spiro atoms. The van der Waals surface area contributed by atoms with E-state index in [9.17, 15) is 34.6 Å². The number of hydrogen-bond acceptors (Lipinski definition) is 16. The number of esters is 5. The van der Waals surface area contributed by atoms with Crippen LogP contribution in [0.3, 0.4) is 0 Å². The Morgan fingerprint density at radius 1 is 0.682 bits per heavy atom. The molecule has 2 fully saturated rings. The van der Waals surface area contributed by atoms with E-state index in [0.29, 0.717) is 25.7 Å². The van der Waals surface area contributed by atoms with E-state index >= 15 is 0 Å². The molecule has 2 aliphatic heterocycles. The van der Waals surface area contributed by atoms with Crippen LogP contribution < -0.4 is 0 Å². The molecule has 2 saturated heterocycles. The van der Waals surface area contributed by atoms with Gasteiger partial charge < -0.3 is 47.7 Å². The van der Waals surface area contributed by atoms with Crippen LogP contribution in [0.4, 0.5) is 0 Å². The Morgan fingerprint density at radius 2 is 1.26 bits per heavy atom. The van der Waals surface area contributed by atoms with Gasteiger partial charge in [-0.3, -0.25) is 19.2 Å². The van der Waals surface area contributed by atoms with E-state index in [-0.39, 0.29) is 31.0 Å². The van der Waals surface area contributed by atoms with Gasteiger partial charge in [-0.15, -0.1) is 0 Å². The summed E-state index contributed by atoms with van der Waals surface area (Å²) < 4.78 is 52.6. The van der Waals surface area contributed by atoms with Gasteiger partial charge in [0.05, 0.1) is 18.8 Å². The third kappa shape index (κ3) is 20.7. The van der Waals surface area contributed by atoms with Gasteiger partial charge in [-0.25, -0.2) is 4.79 Å². The van der Waals surface area contributed by atoms with Crippen molar-refractivity contribution in [3.05, 3.63) is 46.3 Å². The number of rotatable bonds is 32. The fourth-order valence-corrected chi connectivity index (χ4v) is 8.04. The Labute approximate surface area is 390 Å². The van der Waals surface area contributed by atoms with Crippen LogP contribution in [0.15, 0.2) is 35.4 Å². The highest BCUT2D eigenvalue weighted by atomic mass is 16.8. The first-order valence-electron chi connectivity index (χ1n) is 24.0. The molecule has 0 aromatic heterocycles. The lowest BCUT2D eigenvalue weighted by Gasteiger charge is -2.48. The monoisotopic (exact) mass is 934 g/mol. The van der Waals surface area contributed by atoms with Gasteiger partial charge in [0.1, 0.15) is 31.0 Å². The molecule has 1 N–H and O–H groups in total. The summed E-state index contributed by atoms with van der Waals surface area (Å²) in [5, 5.41) is 15.3. The second-order valence-corrected chi connectivity index (χ2v) is 17.1. The van der Waals surface area contributed by atoms with E-state index in [1.165, 1.54) is 71.3 Å². The largest absolute Gasteiger partial charge is 0.469 e. The Bertz CT molecular complexity index is 1630. The van der Waals surface area contributed by atoms with Gasteiger partial charge in [0.25, 0.3) is 0 Å². The predicted molar refractivity (Wildman–Crippen MR) is 241 cm³/mol. The maximum absolute atomic E-state index is 13.8. The molecule has 0 saturated carbocycles. The molecule has 0 radical (unpaired) electrons. The average Bonchev–Trinajstić information content (AvgIpc) is 3.29. The molecule has 3 rings (SSSR count). The van der Waals surface area contributed by atoms with Crippen LogP contribution in [-0.4, -0.2) is 117 Å². The molecule has 0 unspecified atom stereocenters. The minimum atomic E-state index is -1.74. The number of unbranched alkanes of at least 4 members (excludes halogenated alkanes) is 16. The summed E-state index contributed by atoms with van der Waals surface area (Å²) in [4.78, 5) is 65.9. The number of ether oxygens (including phenoxy) is 9. The number of nitrogens with zero attached hydrogens (tertiary/aromatic N) is 3. The smallest absolute Gasteiger partial charge is 0.338 e. The van der Waals surface area contributed by atoms with E-state index in [1.54, 1.807) is 37.3 Å². The summed E-state index contributed by atoms with van der Waals surface area (Å²) in [6.45, 7) is 5.73. The third-order valence-electron chi connectivity index (χ3n) is 11.6. The molecule has 2 heterocycles. The minimum absolute atomic E-state index is 0.0860. The van der Waals surface area contributed by atoms with Gasteiger partial charge in [-0.2, -0.15) is 0 Å². The normalized spacial score (nSPS) is 24.9. The van der Waals surface area contributed by atoms with Gasteiger partial charge >= 0.3 is 29.8 Å². The van der Waals surface area contributed by atoms with Crippen molar-refractivity contribution in [2.24, 2.45) is 5.11 Å². The molecule has 18 heteroatoms. The lowest BCUT2D eigenvalue weighted by Crippen LogP contribution is -2.65. The summed E-state index contributed by atoms with van der Waals surface area (Å²) in [5.74, 6) is -3.18. The minimum Gasteiger partial charge on any atom is -0.469 e. The molecular weight excluding hydrogens is 859 g/mol. The fraction of sp³-hybridized carbons (Fsp3) is 0.771. The molecular formula is C48H75N3O15. The van der Waals surface area contributed by atoms with E-state index in [1.807, 2.05) is 0 Å². The van der Waals surface area contributed by atoms with Gasteiger partial charge in [0.2, 0.25) is 0 Å². The Kier molecular flexibility index (Phi) is 27.5. The summed E-state index contributed by atoms with van der Waals surface area (Å²) in [7, 11) is 1.32. The molecule has 0 amide bonds. The van der Waals surface area contributed by atoms with Crippen molar-refractivity contribution in [1.29, 1.82) is 0 Å². The van der Waals surface area contributed by atoms with Crippen molar-refractivity contribution in [2.45, 2.75) is 217 Å². The number of azide groups is 1. The number of carbonyl (C=O) groups excluding carboxylic acids is 5. The second kappa shape index (κ2) is 32.4. The molecule has 1 aromatic rings. The van der Waals surface area contributed by atoms with Crippen molar-refractivity contribution in [3.8, 4) is 0 Å².